The van der Waals surface area contributed by atoms with Crippen LogP contribution < -0.4 is 0 Å². The molecule has 20 heavy (non-hydrogen) atoms. The Hall–Kier alpha value is -1.69. The summed E-state index contributed by atoms with van der Waals surface area (Å²) >= 11 is 1.43. The molecule has 1 fully saturated rings. The first-order chi connectivity index (χ1) is 9.65. The molecule has 1 atom stereocenters. The monoisotopic (exact) mass is 290 g/mol. The number of aromatic nitrogens is 3. The summed E-state index contributed by atoms with van der Waals surface area (Å²) < 4.78 is 1.99. The lowest BCUT2D eigenvalue weighted by atomic mass is 10.1. The summed E-state index contributed by atoms with van der Waals surface area (Å²) in [6.07, 6.45) is 6.02. The summed E-state index contributed by atoms with van der Waals surface area (Å²) in [6, 6.07) is 0.287. The van der Waals surface area contributed by atoms with Gasteiger partial charge in [-0.1, -0.05) is 0 Å². The normalized spacial score (nSPS) is 19.3. The summed E-state index contributed by atoms with van der Waals surface area (Å²) in [5, 5.41) is 4.38. The van der Waals surface area contributed by atoms with E-state index in [-0.39, 0.29) is 11.9 Å². The molecule has 2 aromatic rings. The highest BCUT2D eigenvalue weighted by Gasteiger charge is 2.27. The highest BCUT2D eigenvalue weighted by molar-refractivity contribution is 7.11. The van der Waals surface area contributed by atoms with Gasteiger partial charge in [0.1, 0.15) is 4.88 Å². The van der Waals surface area contributed by atoms with Crippen LogP contribution in [-0.4, -0.2) is 38.7 Å². The quantitative estimate of drug-likeness (QED) is 0.853. The number of rotatable bonds is 2. The van der Waals surface area contributed by atoms with Gasteiger partial charge >= 0.3 is 0 Å². The topological polar surface area (TPSA) is 51.0 Å². The molecule has 3 heterocycles. The molecule has 1 saturated heterocycles. The number of nitrogens with zero attached hydrogens (tertiary/aromatic N) is 4. The van der Waals surface area contributed by atoms with Gasteiger partial charge in [0, 0.05) is 19.3 Å². The average Bonchev–Trinajstić information content (AvgIpc) is 3.07. The van der Waals surface area contributed by atoms with Crippen LogP contribution in [0.5, 0.6) is 0 Å². The van der Waals surface area contributed by atoms with E-state index in [0.717, 1.165) is 42.1 Å². The van der Waals surface area contributed by atoms with E-state index in [2.05, 4.69) is 16.3 Å². The van der Waals surface area contributed by atoms with Gasteiger partial charge in [-0.15, -0.1) is 11.3 Å². The van der Waals surface area contributed by atoms with E-state index in [4.69, 9.17) is 0 Å². The van der Waals surface area contributed by atoms with Crippen molar-refractivity contribution in [3.05, 3.63) is 34.0 Å². The van der Waals surface area contributed by atoms with Gasteiger partial charge < -0.3 is 4.90 Å². The lowest BCUT2D eigenvalue weighted by Crippen LogP contribution is -2.40. The lowest BCUT2D eigenvalue weighted by Gasteiger charge is -2.32. The number of carbonyl (C=O) groups excluding carboxylic acids is 1. The van der Waals surface area contributed by atoms with Crippen LogP contribution in [0.15, 0.2) is 17.9 Å². The Labute approximate surface area is 122 Å². The fourth-order valence-corrected chi connectivity index (χ4v) is 3.41. The van der Waals surface area contributed by atoms with E-state index in [9.17, 15) is 4.79 Å². The first-order valence-electron chi connectivity index (χ1n) is 6.85. The maximum Gasteiger partial charge on any atom is 0.265 e. The molecule has 1 aliphatic rings. The van der Waals surface area contributed by atoms with Crippen LogP contribution in [0.4, 0.5) is 0 Å². The zero-order valence-electron chi connectivity index (χ0n) is 11.7. The summed E-state index contributed by atoms with van der Waals surface area (Å²) in [4.78, 5) is 19.4. The summed E-state index contributed by atoms with van der Waals surface area (Å²) in [5.74, 6) is 0.110. The molecule has 0 N–H and O–H groups in total. The van der Waals surface area contributed by atoms with Crippen molar-refractivity contribution in [3.8, 4) is 0 Å². The predicted octanol–water partition coefficient (Wildman–Crippen LogP) is 2.43. The lowest BCUT2D eigenvalue weighted by molar-refractivity contribution is 0.0677. The van der Waals surface area contributed by atoms with Gasteiger partial charge in [-0.3, -0.25) is 9.48 Å². The molecule has 1 aliphatic heterocycles. The molecule has 5 nitrogen and oxygen atoms in total. The van der Waals surface area contributed by atoms with Crippen LogP contribution in [0.25, 0.3) is 0 Å². The Morgan fingerprint density at radius 2 is 2.30 bits per heavy atom. The number of hydrogen-bond acceptors (Lipinski definition) is 4. The van der Waals surface area contributed by atoms with Gasteiger partial charge in [0.25, 0.3) is 5.91 Å². The molecular weight excluding hydrogens is 272 g/mol. The molecule has 0 aliphatic carbocycles. The third kappa shape index (κ3) is 2.47. The van der Waals surface area contributed by atoms with E-state index < -0.39 is 0 Å². The second-order valence-corrected chi connectivity index (χ2v) is 6.17. The zero-order chi connectivity index (χ0) is 14.1. The minimum Gasteiger partial charge on any atom is -0.336 e. The third-order valence-corrected chi connectivity index (χ3v) is 4.64. The molecule has 0 spiro atoms. The summed E-state index contributed by atoms with van der Waals surface area (Å²) in [7, 11) is 0. The zero-order valence-corrected chi connectivity index (χ0v) is 12.6. The maximum absolute atomic E-state index is 12.5. The van der Waals surface area contributed by atoms with E-state index in [1.165, 1.54) is 11.3 Å². The molecule has 106 valence electrons. The smallest absolute Gasteiger partial charge is 0.265 e. The third-order valence-electron chi connectivity index (χ3n) is 3.73. The first-order valence-corrected chi connectivity index (χ1v) is 7.73. The number of aryl methyl sites for hydroxylation is 2. The number of amides is 1. The van der Waals surface area contributed by atoms with E-state index in [1.54, 1.807) is 5.51 Å². The van der Waals surface area contributed by atoms with Crippen molar-refractivity contribution in [3.63, 3.8) is 0 Å². The minimum absolute atomic E-state index is 0.110. The van der Waals surface area contributed by atoms with Gasteiger partial charge in [-0.2, -0.15) is 5.10 Å². The predicted molar refractivity (Wildman–Crippen MR) is 78.0 cm³/mol. The van der Waals surface area contributed by atoms with E-state index in [0.29, 0.717) is 0 Å². The molecule has 0 radical (unpaired) electrons. The fourth-order valence-electron chi connectivity index (χ4n) is 2.64. The molecule has 6 heteroatoms. The molecule has 1 amide bonds. The Morgan fingerprint density at radius 3 is 2.95 bits per heavy atom. The Balaban J connectivity index is 1.75. The van der Waals surface area contributed by atoms with Crippen LogP contribution in [0.3, 0.4) is 0 Å². The highest BCUT2D eigenvalue weighted by Crippen LogP contribution is 2.24. The van der Waals surface area contributed by atoms with Gasteiger partial charge in [0.2, 0.25) is 0 Å². The second kappa shape index (κ2) is 5.36. The SMILES string of the molecule is Cc1cnn(C2CCCN(C(=O)c3scnc3C)C2)c1. The van der Waals surface area contributed by atoms with Crippen molar-refractivity contribution < 1.29 is 4.79 Å². The second-order valence-electron chi connectivity index (χ2n) is 5.31. The Bertz CT molecular complexity index is 618. The fraction of sp³-hybridized carbons (Fsp3) is 0.500. The molecule has 0 aromatic carbocycles. The van der Waals surface area contributed by atoms with Gasteiger partial charge in [-0.25, -0.2) is 4.98 Å². The maximum atomic E-state index is 12.5. The molecular formula is C14H18N4OS. The average molecular weight is 290 g/mol. The number of hydrogen-bond donors (Lipinski definition) is 0. The number of carbonyl (C=O) groups is 1. The Kier molecular flexibility index (Phi) is 3.56. The number of thiazole rings is 1. The first kappa shape index (κ1) is 13.3. The van der Waals surface area contributed by atoms with Gasteiger partial charge in [-0.05, 0) is 32.3 Å². The highest BCUT2D eigenvalue weighted by atomic mass is 32.1. The molecule has 3 rings (SSSR count). The van der Waals surface area contributed by atoms with E-state index >= 15 is 0 Å². The van der Waals surface area contributed by atoms with Crippen LogP contribution in [0, 0.1) is 13.8 Å². The van der Waals surface area contributed by atoms with Crippen molar-refractivity contribution >= 4 is 17.2 Å². The van der Waals surface area contributed by atoms with Crippen LogP contribution in [0.2, 0.25) is 0 Å². The largest absolute Gasteiger partial charge is 0.336 e. The summed E-state index contributed by atoms with van der Waals surface area (Å²) in [5.41, 5.74) is 3.73. The minimum atomic E-state index is 0.110. The number of likely N-dealkylation sites (tertiary alicyclic amines) is 1. The summed E-state index contributed by atoms with van der Waals surface area (Å²) in [6.45, 7) is 5.49. The molecule has 1 unspecified atom stereocenters. The van der Waals surface area contributed by atoms with Crippen molar-refractivity contribution in [2.24, 2.45) is 0 Å². The van der Waals surface area contributed by atoms with Crippen molar-refractivity contribution in [2.45, 2.75) is 32.7 Å². The molecule has 0 saturated carbocycles. The van der Waals surface area contributed by atoms with Gasteiger partial charge in [0.05, 0.1) is 23.4 Å². The van der Waals surface area contributed by atoms with Crippen molar-refractivity contribution in [1.82, 2.24) is 19.7 Å². The number of piperidine rings is 1. The van der Waals surface area contributed by atoms with Gasteiger partial charge in [0.15, 0.2) is 0 Å². The van der Waals surface area contributed by atoms with Crippen LogP contribution in [0.1, 0.15) is 39.8 Å². The van der Waals surface area contributed by atoms with Crippen LogP contribution in [-0.2, 0) is 0 Å². The Morgan fingerprint density at radius 1 is 1.45 bits per heavy atom. The molecule has 2 aromatic heterocycles. The van der Waals surface area contributed by atoms with Crippen molar-refractivity contribution in [2.75, 3.05) is 13.1 Å². The van der Waals surface area contributed by atoms with Crippen LogP contribution >= 0.6 is 11.3 Å². The standard InChI is InChI=1S/C14H18N4OS/c1-10-6-16-18(7-10)12-4-3-5-17(8-12)14(19)13-11(2)15-9-20-13/h6-7,9,12H,3-5,8H2,1-2H3. The molecule has 0 bridgehead atoms. The van der Waals surface area contributed by atoms with E-state index in [1.807, 2.05) is 29.6 Å². The van der Waals surface area contributed by atoms with Crippen molar-refractivity contribution in [1.29, 1.82) is 0 Å².